The summed E-state index contributed by atoms with van der Waals surface area (Å²) >= 11 is 0. The van der Waals surface area contributed by atoms with Crippen LogP contribution in [0.2, 0.25) is 0 Å². The van der Waals surface area contributed by atoms with Crippen LogP contribution in [-0.2, 0) is 11.3 Å². The number of anilines is 1. The Morgan fingerprint density at radius 1 is 1.20 bits per heavy atom. The number of hydrogen-bond donors (Lipinski definition) is 1. The zero-order valence-electron chi connectivity index (χ0n) is 16.3. The molecular formula is C21H21F3N2O4. The first kappa shape index (κ1) is 21.5. The minimum Gasteiger partial charge on any atom is -0.478 e. The third kappa shape index (κ3) is 4.50. The summed E-state index contributed by atoms with van der Waals surface area (Å²) < 4.78 is 48.2. The second-order valence-corrected chi connectivity index (χ2v) is 7.08. The lowest BCUT2D eigenvalue weighted by Gasteiger charge is -2.38. The van der Waals surface area contributed by atoms with Crippen LogP contribution >= 0.6 is 0 Å². The summed E-state index contributed by atoms with van der Waals surface area (Å²) in [4.78, 5) is 26.0. The fourth-order valence-corrected chi connectivity index (χ4v) is 3.48. The number of rotatable bonds is 5. The van der Waals surface area contributed by atoms with Crippen LogP contribution in [0.25, 0.3) is 0 Å². The highest BCUT2D eigenvalue weighted by Gasteiger charge is 2.32. The average molecular weight is 422 g/mol. The first-order valence-corrected chi connectivity index (χ1v) is 9.38. The Bertz CT molecular complexity index is 940. The maximum Gasteiger partial charge on any atom is 0.410 e. The van der Waals surface area contributed by atoms with Crippen LogP contribution in [0.5, 0.6) is 0 Å². The molecule has 160 valence electrons. The van der Waals surface area contributed by atoms with Crippen LogP contribution in [0.3, 0.4) is 0 Å². The number of carbonyl (C=O) groups excluding carboxylic acids is 1. The van der Waals surface area contributed by atoms with E-state index in [4.69, 9.17) is 9.84 Å². The molecule has 0 saturated carbocycles. The summed E-state index contributed by atoms with van der Waals surface area (Å²) in [5.74, 6) is -6.09. The van der Waals surface area contributed by atoms with E-state index in [1.807, 2.05) is 30.3 Å². The third-order valence-electron chi connectivity index (χ3n) is 5.12. The molecule has 1 N–H and O–H groups in total. The molecule has 1 amide bonds. The molecule has 0 spiro atoms. The minimum absolute atomic E-state index is 0.0522. The van der Waals surface area contributed by atoms with Crippen molar-refractivity contribution in [3.8, 4) is 0 Å². The molecule has 0 bridgehead atoms. The predicted molar refractivity (Wildman–Crippen MR) is 103 cm³/mol. The van der Waals surface area contributed by atoms with Gasteiger partial charge in [0.15, 0.2) is 17.5 Å². The summed E-state index contributed by atoms with van der Waals surface area (Å²) in [6.45, 7) is 0.380. The molecule has 1 fully saturated rings. The van der Waals surface area contributed by atoms with E-state index < -0.39 is 46.8 Å². The predicted octanol–water partition coefficient (Wildman–Crippen LogP) is 4.04. The monoisotopic (exact) mass is 422 g/mol. The van der Waals surface area contributed by atoms with Gasteiger partial charge in [0.1, 0.15) is 17.9 Å². The molecule has 2 aromatic carbocycles. The van der Waals surface area contributed by atoms with E-state index in [9.17, 15) is 22.8 Å². The maximum atomic E-state index is 14.4. The fraction of sp³-hybridized carbons (Fsp3) is 0.333. The summed E-state index contributed by atoms with van der Waals surface area (Å²) in [6.07, 6.45) is 0.494. The summed E-state index contributed by atoms with van der Waals surface area (Å²) in [5.41, 5.74) is -0.875. The van der Waals surface area contributed by atoms with Gasteiger partial charge in [0.05, 0.1) is 6.04 Å². The van der Waals surface area contributed by atoms with Crippen molar-refractivity contribution in [3.63, 3.8) is 0 Å². The van der Waals surface area contributed by atoms with Gasteiger partial charge < -0.3 is 19.6 Å². The molecule has 0 radical (unpaired) electrons. The van der Waals surface area contributed by atoms with Gasteiger partial charge in [0.2, 0.25) is 0 Å². The van der Waals surface area contributed by atoms with Crippen LogP contribution < -0.4 is 4.90 Å². The van der Waals surface area contributed by atoms with Crippen LogP contribution in [0.15, 0.2) is 36.4 Å². The number of halogens is 3. The number of ether oxygens (including phenoxy) is 1. The zero-order valence-corrected chi connectivity index (χ0v) is 16.3. The first-order valence-electron chi connectivity index (χ1n) is 9.38. The number of carboxylic acids is 1. The Labute approximate surface area is 171 Å². The quantitative estimate of drug-likeness (QED) is 0.737. The molecule has 0 aromatic heterocycles. The highest BCUT2D eigenvalue weighted by atomic mass is 19.2. The SMILES string of the molecule is CN(C(=O)OCc1ccccc1)C1CCCN(c2c(F)cc(C(=O)O)c(F)c2F)C1. The van der Waals surface area contributed by atoms with E-state index in [0.29, 0.717) is 18.9 Å². The van der Waals surface area contributed by atoms with Crippen LogP contribution in [0.1, 0.15) is 28.8 Å². The third-order valence-corrected chi connectivity index (χ3v) is 5.12. The number of likely N-dealkylation sites (N-methyl/N-ethyl adjacent to an activating group) is 1. The van der Waals surface area contributed by atoms with Crippen molar-refractivity contribution < 1.29 is 32.6 Å². The number of amides is 1. The number of carboxylic acid groups (broad SMARTS) is 1. The van der Waals surface area contributed by atoms with Gasteiger partial charge in [-0.15, -0.1) is 0 Å². The highest BCUT2D eigenvalue weighted by Crippen LogP contribution is 2.31. The molecule has 1 aliphatic rings. The Morgan fingerprint density at radius 2 is 1.90 bits per heavy atom. The van der Waals surface area contributed by atoms with Crippen molar-refractivity contribution in [1.29, 1.82) is 0 Å². The van der Waals surface area contributed by atoms with E-state index in [1.54, 1.807) is 0 Å². The lowest BCUT2D eigenvalue weighted by atomic mass is 10.0. The van der Waals surface area contributed by atoms with Gasteiger partial charge in [-0.1, -0.05) is 30.3 Å². The van der Waals surface area contributed by atoms with Crippen molar-refractivity contribution in [2.75, 3.05) is 25.0 Å². The molecule has 1 atom stereocenters. The van der Waals surface area contributed by atoms with E-state index >= 15 is 0 Å². The Hall–Kier alpha value is -3.23. The largest absolute Gasteiger partial charge is 0.478 e. The molecular weight excluding hydrogens is 401 g/mol. The number of benzene rings is 2. The Balaban J connectivity index is 1.71. The van der Waals surface area contributed by atoms with Crippen molar-refractivity contribution in [2.45, 2.75) is 25.5 Å². The first-order chi connectivity index (χ1) is 14.3. The number of carbonyl (C=O) groups is 2. The van der Waals surface area contributed by atoms with Gasteiger partial charge in [-0.3, -0.25) is 0 Å². The number of nitrogens with zero attached hydrogens (tertiary/aromatic N) is 2. The van der Waals surface area contributed by atoms with E-state index in [0.717, 1.165) is 5.56 Å². The molecule has 9 heteroatoms. The molecule has 3 rings (SSSR count). The van der Waals surface area contributed by atoms with Gasteiger partial charge >= 0.3 is 12.1 Å². The summed E-state index contributed by atoms with van der Waals surface area (Å²) in [5, 5.41) is 8.88. The molecule has 1 aliphatic heterocycles. The van der Waals surface area contributed by atoms with Crippen molar-refractivity contribution in [2.24, 2.45) is 0 Å². The van der Waals surface area contributed by atoms with Gasteiger partial charge in [0.25, 0.3) is 0 Å². The second-order valence-electron chi connectivity index (χ2n) is 7.08. The van der Waals surface area contributed by atoms with Crippen molar-refractivity contribution in [3.05, 3.63) is 65.0 Å². The zero-order chi connectivity index (χ0) is 21.8. The van der Waals surface area contributed by atoms with Gasteiger partial charge in [0, 0.05) is 20.1 Å². The minimum atomic E-state index is -1.76. The average Bonchev–Trinajstić information content (AvgIpc) is 2.75. The standard InChI is InChI=1S/C21H21F3N2O4/c1-25(21(29)30-12-13-6-3-2-4-7-13)14-8-5-9-26(11-14)19-16(22)10-15(20(27)28)17(23)18(19)24/h2-4,6-7,10,14H,5,8-9,11-12H2,1H3,(H,27,28). The number of hydrogen-bond acceptors (Lipinski definition) is 4. The lowest BCUT2D eigenvalue weighted by Crippen LogP contribution is -2.49. The fourth-order valence-electron chi connectivity index (χ4n) is 3.48. The van der Waals surface area contributed by atoms with Crippen molar-refractivity contribution >= 4 is 17.7 Å². The van der Waals surface area contributed by atoms with Gasteiger partial charge in [-0.25, -0.2) is 22.8 Å². The molecule has 0 aliphatic carbocycles. The number of aromatic carboxylic acids is 1. The normalized spacial score (nSPS) is 16.3. The summed E-state index contributed by atoms with van der Waals surface area (Å²) in [7, 11) is 1.53. The maximum absolute atomic E-state index is 14.4. The highest BCUT2D eigenvalue weighted by molar-refractivity contribution is 5.88. The van der Waals surface area contributed by atoms with Crippen molar-refractivity contribution in [1.82, 2.24) is 4.90 Å². The van der Waals surface area contributed by atoms with Crippen LogP contribution in [-0.4, -0.2) is 48.2 Å². The molecule has 2 aromatic rings. The molecule has 1 unspecified atom stereocenters. The van der Waals surface area contributed by atoms with E-state index in [-0.39, 0.29) is 19.7 Å². The Kier molecular flexibility index (Phi) is 6.49. The molecule has 6 nitrogen and oxygen atoms in total. The smallest absolute Gasteiger partial charge is 0.410 e. The van der Waals surface area contributed by atoms with Gasteiger partial charge in [-0.05, 0) is 24.5 Å². The summed E-state index contributed by atoms with van der Waals surface area (Å²) in [6, 6.07) is 9.18. The van der Waals surface area contributed by atoms with Crippen LogP contribution in [0, 0.1) is 17.5 Å². The van der Waals surface area contributed by atoms with E-state index in [1.165, 1.54) is 16.8 Å². The molecule has 30 heavy (non-hydrogen) atoms. The second kappa shape index (κ2) is 9.06. The Morgan fingerprint density at radius 3 is 2.57 bits per heavy atom. The van der Waals surface area contributed by atoms with E-state index in [2.05, 4.69) is 0 Å². The molecule has 1 saturated heterocycles. The van der Waals surface area contributed by atoms with Crippen LogP contribution in [0.4, 0.5) is 23.7 Å². The van der Waals surface area contributed by atoms with Gasteiger partial charge in [-0.2, -0.15) is 0 Å². The molecule has 1 heterocycles. The lowest BCUT2D eigenvalue weighted by molar-refractivity contribution is 0.0689. The topological polar surface area (TPSA) is 70.1 Å². The number of piperidine rings is 1.